The van der Waals surface area contributed by atoms with Crippen molar-refractivity contribution in [2.45, 2.75) is 31.2 Å². The van der Waals surface area contributed by atoms with Crippen LogP contribution in [0.1, 0.15) is 24.0 Å². The van der Waals surface area contributed by atoms with Gasteiger partial charge in [-0.25, -0.2) is 8.42 Å². The number of sulfone groups is 1. The van der Waals surface area contributed by atoms with Gasteiger partial charge < -0.3 is 5.32 Å². The number of nitrogens with one attached hydrogen (secondary N) is 1. The van der Waals surface area contributed by atoms with Crippen molar-refractivity contribution in [1.29, 1.82) is 0 Å². The first-order valence-corrected chi connectivity index (χ1v) is 11.6. The summed E-state index contributed by atoms with van der Waals surface area (Å²) in [6.45, 7) is 5.66. The second-order valence-electron chi connectivity index (χ2n) is 7.79. The first-order valence-electron chi connectivity index (χ1n) is 9.72. The van der Waals surface area contributed by atoms with Gasteiger partial charge in [-0.1, -0.05) is 29.8 Å². The second-order valence-corrected chi connectivity index (χ2v) is 9.81. The molecule has 0 aliphatic carbocycles. The van der Waals surface area contributed by atoms with Crippen molar-refractivity contribution in [3.8, 4) is 0 Å². The molecule has 0 atom stereocenters. The summed E-state index contributed by atoms with van der Waals surface area (Å²) < 4.78 is 23.3. The molecule has 156 valence electrons. The van der Waals surface area contributed by atoms with Gasteiger partial charge in [-0.15, -0.1) is 0 Å². The van der Waals surface area contributed by atoms with Crippen LogP contribution in [0.2, 0.25) is 0 Å². The van der Waals surface area contributed by atoms with Crippen molar-refractivity contribution in [1.82, 2.24) is 4.90 Å². The van der Waals surface area contributed by atoms with Gasteiger partial charge in [-0.3, -0.25) is 15.0 Å². The summed E-state index contributed by atoms with van der Waals surface area (Å²) in [6.07, 6.45) is 3.09. The lowest BCUT2D eigenvalue weighted by atomic mass is 9.96. The van der Waals surface area contributed by atoms with E-state index in [9.17, 15) is 18.5 Å². The maximum absolute atomic E-state index is 11.7. The SMILES string of the molecule is Cc1ccc(CN2CCC(CNc3ccc(S(C)(=O)=O)cc3[N+](=O)[O-])CC2)cc1. The highest BCUT2D eigenvalue weighted by atomic mass is 32.2. The molecule has 0 aromatic heterocycles. The van der Waals surface area contributed by atoms with E-state index in [1.54, 1.807) is 0 Å². The van der Waals surface area contributed by atoms with Crippen LogP contribution in [0, 0.1) is 23.0 Å². The molecule has 0 unspecified atom stereocenters. The lowest BCUT2D eigenvalue weighted by Crippen LogP contribution is -2.35. The minimum atomic E-state index is -3.48. The molecule has 29 heavy (non-hydrogen) atoms. The third-order valence-corrected chi connectivity index (χ3v) is 6.52. The van der Waals surface area contributed by atoms with Gasteiger partial charge in [0.05, 0.1) is 9.82 Å². The second kappa shape index (κ2) is 8.92. The van der Waals surface area contributed by atoms with Crippen molar-refractivity contribution >= 4 is 21.2 Å². The topological polar surface area (TPSA) is 92.6 Å². The van der Waals surface area contributed by atoms with Gasteiger partial charge in [0.2, 0.25) is 0 Å². The van der Waals surface area contributed by atoms with E-state index in [0.717, 1.165) is 44.8 Å². The highest BCUT2D eigenvalue weighted by Crippen LogP contribution is 2.29. The Bertz CT molecular complexity index is 966. The predicted molar refractivity (Wildman–Crippen MR) is 114 cm³/mol. The Labute approximate surface area is 171 Å². The van der Waals surface area contributed by atoms with Gasteiger partial charge in [-0.2, -0.15) is 0 Å². The Morgan fingerprint density at radius 2 is 1.79 bits per heavy atom. The molecule has 1 fully saturated rings. The van der Waals surface area contributed by atoms with E-state index in [-0.39, 0.29) is 10.6 Å². The molecule has 0 bridgehead atoms. The minimum absolute atomic E-state index is 0.0424. The third kappa shape index (κ3) is 5.77. The number of likely N-dealkylation sites (tertiary alicyclic amines) is 1. The number of nitrogens with zero attached hydrogens (tertiary/aromatic N) is 2. The summed E-state index contributed by atoms with van der Waals surface area (Å²) in [4.78, 5) is 13.2. The fourth-order valence-corrected chi connectivity index (χ4v) is 4.24. The normalized spacial score (nSPS) is 15.9. The van der Waals surface area contributed by atoms with Crippen LogP contribution in [0.15, 0.2) is 47.4 Å². The Balaban J connectivity index is 1.55. The zero-order chi connectivity index (χ0) is 21.0. The van der Waals surface area contributed by atoms with Crippen molar-refractivity contribution in [2.24, 2.45) is 5.92 Å². The van der Waals surface area contributed by atoms with Crippen LogP contribution in [0.5, 0.6) is 0 Å². The number of hydrogen-bond donors (Lipinski definition) is 1. The number of piperidine rings is 1. The average molecular weight is 418 g/mol. The van der Waals surface area contributed by atoms with E-state index < -0.39 is 14.8 Å². The summed E-state index contributed by atoms with van der Waals surface area (Å²) in [7, 11) is -3.48. The van der Waals surface area contributed by atoms with Crippen LogP contribution in [0.4, 0.5) is 11.4 Å². The number of benzene rings is 2. The van der Waals surface area contributed by atoms with Gasteiger partial charge in [0.1, 0.15) is 5.69 Å². The monoisotopic (exact) mass is 417 g/mol. The minimum Gasteiger partial charge on any atom is -0.379 e. The van der Waals surface area contributed by atoms with Gasteiger partial charge in [0.25, 0.3) is 5.69 Å². The fraction of sp³-hybridized carbons (Fsp3) is 0.429. The zero-order valence-electron chi connectivity index (χ0n) is 16.8. The number of nitro groups is 1. The van der Waals surface area contributed by atoms with Crippen LogP contribution in [-0.2, 0) is 16.4 Å². The quantitative estimate of drug-likeness (QED) is 0.546. The first-order chi connectivity index (χ1) is 13.7. The largest absolute Gasteiger partial charge is 0.379 e. The zero-order valence-corrected chi connectivity index (χ0v) is 17.6. The number of anilines is 1. The van der Waals surface area contributed by atoms with Crippen LogP contribution in [-0.4, -0.2) is 44.1 Å². The highest BCUT2D eigenvalue weighted by Gasteiger charge is 2.22. The van der Waals surface area contributed by atoms with Gasteiger partial charge in [-0.05, 0) is 56.5 Å². The first kappa shape index (κ1) is 21.3. The van der Waals surface area contributed by atoms with E-state index in [1.165, 1.54) is 23.3 Å². The van der Waals surface area contributed by atoms with Gasteiger partial charge >= 0.3 is 0 Å². The third-order valence-electron chi connectivity index (χ3n) is 5.41. The van der Waals surface area contributed by atoms with Crippen molar-refractivity contribution < 1.29 is 13.3 Å². The molecule has 0 amide bonds. The maximum Gasteiger partial charge on any atom is 0.293 e. The predicted octanol–water partition coefficient (Wildman–Crippen LogP) is 3.63. The van der Waals surface area contributed by atoms with Crippen LogP contribution in [0.3, 0.4) is 0 Å². The number of rotatable bonds is 7. The van der Waals surface area contributed by atoms with Crippen LogP contribution < -0.4 is 5.32 Å². The Kier molecular flexibility index (Phi) is 6.54. The summed E-state index contributed by atoms with van der Waals surface area (Å²) in [5, 5.41) is 14.5. The van der Waals surface area contributed by atoms with Gasteiger partial charge in [0, 0.05) is 25.4 Å². The molecule has 8 heteroatoms. The van der Waals surface area contributed by atoms with Crippen molar-refractivity contribution in [3.63, 3.8) is 0 Å². The number of aryl methyl sites for hydroxylation is 1. The fourth-order valence-electron chi connectivity index (χ4n) is 3.60. The van der Waals surface area contributed by atoms with E-state index in [4.69, 9.17) is 0 Å². The summed E-state index contributed by atoms with van der Waals surface area (Å²) in [6, 6.07) is 12.6. The smallest absolute Gasteiger partial charge is 0.293 e. The molecule has 0 spiro atoms. The molecule has 1 N–H and O–H groups in total. The van der Waals surface area contributed by atoms with Gasteiger partial charge in [0.15, 0.2) is 9.84 Å². The maximum atomic E-state index is 11.7. The number of hydrogen-bond acceptors (Lipinski definition) is 6. The van der Waals surface area contributed by atoms with E-state index in [0.29, 0.717) is 18.2 Å². The van der Waals surface area contributed by atoms with Crippen molar-refractivity contribution in [3.05, 3.63) is 63.7 Å². The molecule has 1 saturated heterocycles. The Morgan fingerprint density at radius 1 is 1.14 bits per heavy atom. The average Bonchev–Trinajstić information content (AvgIpc) is 2.68. The molecule has 0 radical (unpaired) electrons. The molecule has 3 rings (SSSR count). The molecule has 1 aliphatic heterocycles. The summed E-state index contributed by atoms with van der Waals surface area (Å²) >= 11 is 0. The lowest BCUT2D eigenvalue weighted by molar-refractivity contribution is -0.384. The summed E-state index contributed by atoms with van der Waals surface area (Å²) in [5.74, 6) is 0.429. The molecule has 1 aliphatic rings. The Morgan fingerprint density at radius 3 is 2.38 bits per heavy atom. The lowest BCUT2D eigenvalue weighted by Gasteiger charge is -2.32. The van der Waals surface area contributed by atoms with Crippen LogP contribution in [0.25, 0.3) is 0 Å². The number of nitro benzene ring substituents is 1. The van der Waals surface area contributed by atoms with E-state index in [2.05, 4.69) is 41.4 Å². The highest BCUT2D eigenvalue weighted by molar-refractivity contribution is 7.90. The Hall–Kier alpha value is -2.45. The summed E-state index contributed by atoms with van der Waals surface area (Å²) in [5.41, 5.74) is 2.74. The molecule has 1 heterocycles. The molecule has 2 aromatic carbocycles. The molecule has 2 aromatic rings. The van der Waals surface area contributed by atoms with Crippen LogP contribution >= 0.6 is 0 Å². The van der Waals surface area contributed by atoms with Crippen molar-refractivity contribution in [2.75, 3.05) is 31.2 Å². The van der Waals surface area contributed by atoms with E-state index in [1.807, 2.05) is 0 Å². The molecule has 0 saturated carbocycles. The molecule has 7 nitrogen and oxygen atoms in total. The molecular weight excluding hydrogens is 390 g/mol. The molecular formula is C21H27N3O4S. The standard InChI is InChI=1S/C21H27N3O4S/c1-16-3-5-18(6-4-16)15-23-11-9-17(10-12-23)14-22-20-8-7-19(29(2,27)28)13-21(20)24(25)26/h3-8,13,17,22H,9-12,14-15H2,1-2H3. The van der Waals surface area contributed by atoms with E-state index >= 15 is 0 Å².